The Hall–Kier alpha value is -2.29. The highest BCUT2D eigenvalue weighted by atomic mass is 35.5. The number of cyclic esters (lactones) is 1. The van der Waals surface area contributed by atoms with Crippen molar-refractivity contribution in [1.29, 1.82) is 0 Å². The van der Waals surface area contributed by atoms with Crippen molar-refractivity contribution < 1.29 is 24.2 Å². The minimum atomic E-state index is -0.959. The molecule has 1 spiro atoms. The zero-order valence-corrected chi connectivity index (χ0v) is 21.8. The number of halogens is 1. The topological polar surface area (TPSA) is 87.2 Å². The van der Waals surface area contributed by atoms with Gasteiger partial charge in [-0.2, -0.15) is 0 Å². The second-order valence-corrected chi connectivity index (χ2v) is 11.6. The molecule has 1 aromatic rings. The molecule has 2 amide bonds. The second-order valence-electron chi connectivity index (χ2n) is 9.73. The van der Waals surface area contributed by atoms with Gasteiger partial charge in [-0.1, -0.05) is 55.0 Å². The molecule has 5 rings (SSSR count). The number of hydrogen-bond donors (Lipinski definition) is 1. The van der Waals surface area contributed by atoms with E-state index in [-0.39, 0.29) is 29.6 Å². The monoisotopic (exact) mass is 530 g/mol. The lowest BCUT2D eigenvalue weighted by Crippen LogP contribution is -2.56. The van der Waals surface area contributed by atoms with Crippen LogP contribution in [0.15, 0.2) is 48.6 Å². The number of likely N-dealkylation sites (tertiary alicyclic amines) is 1. The van der Waals surface area contributed by atoms with E-state index in [0.717, 1.165) is 19.3 Å². The van der Waals surface area contributed by atoms with Crippen molar-refractivity contribution in [1.82, 2.24) is 4.90 Å². The first-order valence-electron chi connectivity index (χ1n) is 12.6. The van der Waals surface area contributed by atoms with Crippen LogP contribution in [0, 0.1) is 11.8 Å². The van der Waals surface area contributed by atoms with Gasteiger partial charge < -0.3 is 19.6 Å². The maximum absolute atomic E-state index is 14.3. The zero-order chi connectivity index (χ0) is 25.4. The van der Waals surface area contributed by atoms with Gasteiger partial charge in [-0.05, 0) is 37.8 Å². The molecule has 36 heavy (non-hydrogen) atoms. The number of benzene rings is 1. The fourth-order valence-corrected chi connectivity index (χ4v) is 8.28. The van der Waals surface area contributed by atoms with Gasteiger partial charge in [0, 0.05) is 11.8 Å². The van der Waals surface area contributed by atoms with Gasteiger partial charge in [0.2, 0.25) is 5.91 Å². The SMILES string of the molecule is CC[C@@H](CO)N1C(=O)[C@@H]2[C@H]3C(=O)OCCCC/C=C\[C@H]3S[C@@]23C=CCN(c2ccccc2Cl)C(=O)C13. The first-order chi connectivity index (χ1) is 17.4. The number of fused-ring (bicyclic) bond motifs is 2. The van der Waals surface area contributed by atoms with E-state index in [1.54, 1.807) is 28.0 Å². The summed E-state index contributed by atoms with van der Waals surface area (Å²) in [6.07, 6.45) is 11.0. The number of aliphatic hydroxyl groups excluding tert-OH is 1. The van der Waals surface area contributed by atoms with Gasteiger partial charge in [0.15, 0.2) is 0 Å². The van der Waals surface area contributed by atoms with Crippen molar-refractivity contribution in [3.63, 3.8) is 0 Å². The Labute approximate surface area is 220 Å². The Bertz CT molecular complexity index is 1110. The molecule has 4 aliphatic rings. The predicted octanol–water partition coefficient (Wildman–Crippen LogP) is 3.59. The maximum atomic E-state index is 14.3. The highest BCUT2D eigenvalue weighted by Crippen LogP contribution is 2.61. The van der Waals surface area contributed by atoms with Crippen LogP contribution < -0.4 is 4.90 Å². The lowest BCUT2D eigenvalue weighted by molar-refractivity contribution is -0.153. The quantitative estimate of drug-likeness (QED) is 0.473. The molecule has 6 atom stereocenters. The normalized spacial score (nSPS) is 33.9. The summed E-state index contributed by atoms with van der Waals surface area (Å²) in [5, 5.41) is 10.4. The van der Waals surface area contributed by atoms with E-state index < -0.39 is 28.7 Å². The lowest BCUT2D eigenvalue weighted by atomic mass is 9.78. The van der Waals surface area contributed by atoms with Crippen LogP contribution in [-0.2, 0) is 19.1 Å². The van der Waals surface area contributed by atoms with Crippen molar-refractivity contribution in [2.24, 2.45) is 11.8 Å². The maximum Gasteiger partial charge on any atom is 0.311 e. The molecule has 9 heteroatoms. The number of nitrogens with zero attached hydrogens (tertiary/aromatic N) is 2. The summed E-state index contributed by atoms with van der Waals surface area (Å²) in [5.41, 5.74) is 0.569. The van der Waals surface area contributed by atoms with E-state index >= 15 is 0 Å². The Morgan fingerprint density at radius 1 is 1.19 bits per heavy atom. The Balaban J connectivity index is 1.65. The Kier molecular flexibility index (Phi) is 7.21. The molecule has 4 heterocycles. The van der Waals surface area contributed by atoms with E-state index in [2.05, 4.69) is 6.08 Å². The van der Waals surface area contributed by atoms with E-state index in [4.69, 9.17) is 16.3 Å². The molecule has 192 valence electrons. The number of hydrogen-bond acceptors (Lipinski definition) is 6. The minimum absolute atomic E-state index is 0.260. The highest BCUT2D eigenvalue weighted by Gasteiger charge is 2.71. The molecule has 4 aliphatic heterocycles. The van der Waals surface area contributed by atoms with Crippen molar-refractivity contribution in [2.45, 2.75) is 54.7 Å². The first kappa shape index (κ1) is 25.4. The Morgan fingerprint density at radius 2 is 2.00 bits per heavy atom. The van der Waals surface area contributed by atoms with Gasteiger partial charge in [0.05, 0.1) is 46.5 Å². The standard InChI is InChI=1S/C27H31ClN2O5S/c1-2-17(16-31)30-23-25(33)29(19-11-7-6-10-18(19)28)14-9-13-27(23)22(24(30)32)21-20(36-27)12-5-3-4-8-15-35-26(21)34/h5-7,9-13,17,20-23,31H,2-4,8,14-16H2,1H3/b12-5-/t17-,20+,21-,22-,23?,27-/m0/s1. The summed E-state index contributed by atoms with van der Waals surface area (Å²) in [7, 11) is 0. The number of allylic oxidation sites excluding steroid dienone is 1. The second kappa shape index (κ2) is 10.2. The molecule has 1 N–H and O–H groups in total. The third-order valence-corrected chi connectivity index (χ3v) is 9.82. The molecular formula is C27H31ClN2O5S. The molecule has 1 unspecified atom stereocenters. The highest BCUT2D eigenvalue weighted by molar-refractivity contribution is 8.02. The Morgan fingerprint density at radius 3 is 2.75 bits per heavy atom. The molecule has 2 saturated heterocycles. The molecule has 0 bridgehead atoms. The van der Waals surface area contributed by atoms with Gasteiger partial charge >= 0.3 is 5.97 Å². The average molecular weight is 531 g/mol. The van der Waals surface area contributed by atoms with Gasteiger partial charge in [0.25, 0.3) is 5.91 Å². The van der Waals surface area contributed by atoms with Crippen molar-refractivity contribution >= 4 is 46.8 Å². The summed E-state index contributed by atoms with van der Waals surface area (Å²) < 4.78 is 4.68. The van der Waals surface area contributed by atoms with Gasteiger partial charge in [-0.3, -0.25) is 14.4 Å². The molecule has 7 nitrogen and oxygen atoms in total. The average Bonchev–Trinajstić information content (AvgIpc) is 3.26. The van der Waals surface area contributed by atoms with Crippen molar-refractivity contribution in [3.8, 4) is 0 Å². The number of amides is 2. The molecule has 2 fully saturated rings. The van der Waals surface area contributed by atoms with E-state index in [1.807, 2.05) is 31.2 Å². The lowest BCUT2D eigenvalue weighted by Gasteiger charge is -2.38. The number of aliphatic hydroxyl groups is 1. The van der Waals surface area contributed by atoms with E-state index in [0.29, 0.717) is 30.3 Å². The van der Waals surface area contributed by atoms with Crippen LogP contribution in [0.1, 0.15) is 32.6 Å². The molecular weight excluding hydrogens is 500 g/mol. The fraction of sp³-hybridized carbons (Fsp3) is 0.519. The predicted molar refractivity (Wildman–Crippen MR) is 140 cm³/mol. The molecule has 0 saturated carbocycles. The number of esters is 1. The van der Waals surface area contributed by atoms with Crippen LogP contribution in [-0.4, -0.2) is 69.6 Å². The van der Waals surface area contributed by atoms with Gasteiger partial charge in [0.1, 0.15) is 6.04 Å². The van der Waals surface area contributed by atoms with Crippen LogP contribution >= 0.6 is 23.4 Å². The molecule has 0 aliphatic carbocycles. The number of rotatable bonds is 4. The summed E-state index contributed by atoms with van der Waals surface area (Å²) in [4.78, 5) is 45.0. The summed E-state index contributed by atoms with van der Waals surface area (Å²) >= 11 is 7.99. The third kappa shape index (κ3) is 3.98. The molecule has 0 aromatic heterocycles. The molecule has 1 aromatic carbocycles. The summed E-state index contributed by atoms with van der Waals surface area (Å²) in [5.74, 6) is -2.39. The minimum Gasteiger partial charge on any atom is -0.465 e. The van der Waals surface area contributed by atoms with Crippen LogP contribution in [0.4, 0.5) is 5.69 Å². The number of anilines is 1. The van der Waals surface area contributed by atoms with Crippen molar-refractivity contribution in [2.75, 3.05) is 24.7 Å². The van der Waals surface area contributed by atoms with Gasteiger partial charge in [-0.25, -0.2) is 0 Å². The number of carbonyl (C=O) groups excluding carboxylic acids is 3. The molecule has 0 radical (unpaired) electrons. The van der Waals surface area contributed by atoms with Gasteiger partial charge in [-0.15, -0.1) is 11.8 Å². The smallest absolute Gasteiger partial charge is 0.311 e. The van der Waals surface area contributed by atoms with Crippen molar-refractivity contribution in [3.05, 3.63) is 53.6 Å². The number of thioether (sulfide) groups is 1. The number of ether oxygens (including phenoxy) is 1. The van der Waals surface area contributed by atoms with Crippen LogP contribution in [0.5, 0.6) is 0 Å². The van der Waals surface area contributed by atoms with Crippen LogP contribution in [0.2, 0.25) is 5.02 Å². The summed E-state index contributed by atoms with van der Waals surface area (Å²) in [6, 6.07) is 5.72. The fourth-order valence-electron chi connectivity index (χ4n) is 6.05. The number of para-hydroxylation sites is 1. The third-order valence-electron chi connectivity index (χ3n) is 7.76. The van der Waals surface area contributed by atoms with E-state index in [9.17, 15) is 19.5 Å². The zero-order valence-electron chi connectivity index (χ0n) is 20.2. The first-order valence-corrected chi connectivity index (χ1v) is 13.9. The van der Waals surface area contributed by atoms with Crippen LogP contribution in [0.3, 0.4) is 0 Å². The number of carbonyl (C=O) groups is 3. The van der Waals surface area contributed by atoms with Crippen LogP contribution in [0.25, 0.3) is 0 Å². The van der Waals surface area contributed by atoms with E-state index in [1.165, 1.54) is 11.8 Å². The summed E-state index contributed by atoms with van der Waals surface area (Å²) in [6.45, 7) is 2.23. The largest absolute Gasteiger partial charge is 0.465 e.